The number of nitrogens with one attached hydrogen (secondary N) is 2. The fourth-order valence-electron chi connectivity index (χ4n) is 3.09. The summed E-state index contributed by atoms with van der Waals surface area (Å²) >= 11 is 0. The minimum atomic E-state index is -1.03. The molecule has 2 rings (SSSR count). The van der Waals surface area contributed by atoms with Crippen LogP contribution in [0.1, 0.15) is 31.2 Å². The van der Waals surface area contributed by atoms with Gasteiger partial charge in [-0.1, -0.05) is 6.08 Å². The van der Waals surface area contributed by atoms with Gasteiger partial charge in [0.05, 0.1) is 12.5 Å². The van der Waals surface area contributed by atoms with Crippen LogP contribution in [0.4, 0.5) is 5.69 Å². The number of carbonyl (C=O) groups is 3. The number of carboxylic acids is 1. The van der Waals surface area contributed by atoms with E-state index in [2.05, 4.69) is 11.9 Å². The lowest BCUT2D eigenvalue weighted by Crippen LogP contribution is -2.44. The molecule has 0 bridgehead atoms. The minimum Gasteiger partial charge on any atom is -0.481 e. The summed E-state index contributed by atoms with van der Waals surface area (Å²) in [6, 6.07) is 6.17. The van der Waals surface area contributed by atoms with Gasteiger partial charge in [0.1, 0.15) is 5.84 Å². The van der Waals surface area contributed by atoms with Crippen LogP contribution in [0, 0.1) is 11.3 Å². The molecule has 144 valence electrons. The number of amidine groups is 1. The molecule has 1 aliphatic heterocycles. The summed E-state index contributed by atoms with van der Waals surface area (Å²) in [4.78, 5) is 37.4. The van der Waals surface area contributed by atoms with Gasteiger partial charge in [-0.2, -0.15) is 0 Å². The first-order valence-electron chi connectivity index (χ1n) is 8.71. The van der Waals surface area contributed by atoms with E-state index in [4.69, 9.17) is 16.2 Å². The molecule has 8 heteroatoms. The molecule has 1 fully saturated rings. The maximum Gasteiger partial charge on any atom is 0.305 e. The van der Waals surface area contributed by atoms with E-state index in [1.54, 1.807) is 29.2 Å². The molecule has 2 atom stereocenters. The van der Waals surface area contributed by atoms with E-state index in [1.807, 2.05) is 0 Å². The first-order chi connectivity index (χ1) is 12.8. The number of hydrogen-bond donors (Lipinski definition) is 4. The van der Waals surface area contributed by atoms with Crippen LogP contribution in [-0.2, 0) is 14.4 Å². The van der Waals surface area contributed by atoms with E-state index in [0.29, 0.717) is 24.2 Å². The molecular formula is C19H24N4O4. The lowest BCUT2D eigenvalue weighted by Gasteiger charge is -2.32. The van der Waals surface area contributed by atoms with Crippen molar-refractivity contribution in [2.45, 2.75) is 31.7 Å². The molecular weight excluding hydrogens is 348 g/mol. The highest BCUT2D eigenvalue weighted by Crippen LogP contribution is 2.26. The molecule has 1 unspecified atom stereocenters. The number of nitrogen functional groups attached to an aromatic ring is 1. The summed E-state index contributed by atoms with van der Waals surface area (Å²) in [6.07, 6.45) is 2.50. The summed E-state index contributed by atoms with van der Waals surface area (Å²) in [7, 11) is 0. The second-order valence-electron chi connectivity index (χ2n) is 6.50. The van der Waals surface area contributed by atoms with Gasteiger partial charge in [0.2, 0.25) is 11.8 Å². The van der Waals surface area contributed by atoms with Crippen molar-refractivity contribution in [2.24, 2.45) is 11.7 Å². The molecule has 1 aromatic carbocycles. The molecule has 2 amide bonds. The number of benzene rings is 1. The van der Waals surface area contributed by atoms with Gasteiger partial charge in [-0.3, -0.25) is 19.8 Å². The van der Waals surface area contributed by atoms with Crippen LogP contribution in [0.25, 0.3) is 0 Å². The average Bonchev–Trinajstić information content (AvgIpc) is 2.62. The van der Waals surface area contributed by atoms with Crippen molar-refractivity contribution < 1.29 is 19.5 Å². The molecule has 1 heterocycles. The Balaban J connectivity index is 2.01. The van der Waals surface area contributed by atoms with Crippen LogP contribution in [0.5, 0.6) is 0 Å². The van der Waals surface area contributed by atoms with Crippen molar-refractivity contribution >= 4 is 29.3 Å². The number of hydrogen-bond acceptors (Lipinski definition) is 4. The van der Waals surface area contributed by atoms with Crippen LogP contribution in [0.15, 0.2) is 36.9 Å². The number of nitrogens with two attached hydrogens (primary N) is 1. The Morgan fingerprint density at radius 1 is 1.41 bits per heavy atom. The first-order valence-corrected chi connectivity index (χ1v) is 8.71. The third-order valence-corrected chi connectivity index (χ3v) is 4.50. The highest BCUT2D eigenvalue weighted by molar-refractivity contribution is 5.99. The van der Waals surface area contributed by atoms with Gasteiger partial charge in [0.25, 0.3) is 0 Å². The topological polar surface area (TPSA) is 137 Å². The number of amides is 2. The molecule has 1 aromatic rings. The van der Waals surface area contributed by atoms with E-state index in [0.717, 1.165) is 6.42 Å². The number of carbonyl (C=O) groups excluding carboxylic acids is 2. The molecule has 8 nitrogen and oxygen atoms in total. The van der Waals surface area contributed by atoms with Gasteiger partial charge in [-0.15, -0.1) is 6.58 Å². The highest BCUT2D eigenvalue weighted by atomic mass is 16.4. The Hall–Kier alpha value is -3.16. The van der Waals surface area contributed by atoms with Gasteiger partial charge in [0, 0.05) is 30.1 Å². The predicted molar refractivity (Wildman–Crippen MR) is 102 cm³/mol. The Kier molecular flexibility index (Phi) is 6.70. The zero-order chi connectivity index (χ0) is 20.0. The number of aliphatic carboxylic acids is 1. The van der Waals surface area contributed by atoms with Crippen LogP contribution < -0.4 is 16.0 Å². The standard InChI is InChI=1S/C19H24N4O4/c1-2-14(11-17(25)26)22-16(24)10-13-4-3-9-23(19(13)27)15-7-5-12(6-8-15)18(20)21/h2,5-8,13-14H,1,3-4,9-11H2,(H3,20,21)(H,22,24)(H,25,26)/t13?,14-/m1/s1. The number of rotatable bonds is 8. The summed E-state index contributed by atoms with van der Waals surface area (Å²) in [6.45, 7) is 4.08. The van der Waals surface area contributed by atoms with Crippen LogP contribution >= 0.6 is 0 Å². The van der Waals surface area contributed by atoms with Crippen molar-refractivity contribution in [3.63, 3.8) is 0 Å². The summed E-state index contributed by atoms with van der Waals surface area (Å²) in [5.74, 6) is -2.04. The molecule has 27 heavy (non-hydrogen) atoms. The summed E-state index contributed by atoms with van der Waals surface area (Å²) < 4.78 is 0. The molecule has 0 aromatic heterocycles. The average molecular weight is 372 g/mol. The largest absolute Gasteiger partial charge is 0.481 e. The van der Waals surface area contributed by atoms with Gasteiger partial charge < -0.3 is 21.1 Å². The fraction of sp³-hybridized carbons (Fsp3) is 0.368. The van der Waals surface area contributed by atoms with E-state index in [-0.39, 0.29) is 30.5 Å². The third-order valence-electron chi connectivity index (χ3n) is 4.50. The maximum atomic E-state index is 12.8. The normalized spacial score (nSPS) is 17.9. The predicted octanol–water partition coefficient (Wildman–Crippen LogP) is 1.25. The first kappa shape index (κ1) is 20.2. The van der Waals surface area contributed by atoms with Crippen LogP contribution in [0.3, 0.4) is 0 Å². The molecule has 0 radical (unpaired) electrons. The monoisotopic (exact) mass is 372 g/mol. The summed E-state index contributed by atoms with van der Waals surface area (Å²) in [5, 5.41) is 18.8. The zero-order valence-corrected chi connectivity index (χ0v) is 15.0. The van der Waals surface area contributed by atoms with Crippen molar-refractivity contribution in [3.05, 3.63) is 42.5 Å². The van der Waals surface area contributed by atoms with Crippen molar-refractivity contribution in [1.82, 2.24) is 5.32 Å². The molecule has 0 spiro atoms. The second-order valence-corrected chi connectivity index (χ2v) is 6.50. The Morgan fingerprint density at radius 3 is 2.63 bits per heavy atom. The van der Waals surface area contributed by atoms with Crippen molar-refractivity contribution in [3.8, 4) is 0 Å². The lowest BCUT2D eigenvalue weighted by atomic mass is 9.92. The molecule has 0 saturated carbocycles. The number of piperidine rings is 1. The van der Waals surface area contributed by atoms with Gasteiger partial charge in [-0.25, -0.2) is 0 Å². The fourth-order valence-corrected chi connectivity index (χ4v) is 3.09. The molecule has 1 saturated heterocycles. The molecule has 1 aliphatic rings. The third kappa shape index (κ3) is 5.40. The Bertz CT molecular complexity index is 745. The lowest BCUT2D eigenvalue weighted by molar-refractivity contribution is -0.137. The zero-order valence-electron chi connectivity index (χ0n) is 15.0. The maximum absolute atomic E-state index is 12.8. The SMILES string of the molecule is C=C[C@H](CC(=O)O)NC(=O)CC1CCCN(c2ccc(C(=N)N)cc2)C1=O. The van der Waals surface area contributed by atoms with E-state index in [9.17, 15) is 14.4 Å². The summed E-state index contributed by atoms with van der Waals surface area (Å²) in [5.41, 5.74) is 6.72. The number of anilines is 1. The number of carboxylic acid groups (broad SMARTS) is 1. The highest BCUT2D eigenvalue weighted by Gasteiger charge is 2.31. The van der Waals surface area contributed by atoms with Crippen molar-refractivity contribution in [1.29, 1.82) is 5.41 Å². The van der Waals surface area contributed by atoms with Gasteiger partial charge in [0.15, 0.2) is 0 Å². The minimum absolute atomic E-state index is 0.00478. The molecule has 0 aliphatic carbocycles. The number of nitrogens with zero attached hydrogens (tertiary/aromatic N) is 1. The van der Waals surface area contributed by atoms with Crippen molar-refractivity contribution in [2.75, 3.05) is 11.4 Å². The van der Waals surface area contributed by atoms with E-state index >= 15 is 0 Å². The van der Waals surface area contributed by atoms with E-state index < -0.39 is 17.9 Å². The second kappa shape index (κ2) is 8.98. The Labute approximate surface area is 157 Å². The smallest absolute Gasteiger partial charge is 0.305 e. The van der Waals surface area contributed by atoms with Crippen LogP contribution in [-0.4, -0.2) is 41.3 Å². The van der Waals surface area contributed by atoms with Crippen LogP contribution in [0.2, 0.25) is 0 Å². The Morgan fingerprint density at radius 2 is 2.07 bits per heavy atom. The van der Waals surface area contributed by atoms with E-state index in [1.165, 1.54) is 6.08 Å². The van der Waals surface area contributed by atoms with Gasteiger partial charge in [-0.05, 0) is 37.1 Å². The quantitative estimate of drug-likeness (QED) is 0.309. The molecule has 5 N–H and O–H groups in total. The van der Waals surface area contributed by atoms with Gasteiger partial charge >= 0.3 is 5.97 Å².